The first kappa shape index (κ1) is 17.7. The Morgan fingerprint density at radius 1 is 0.964 bits per heavy atom. The fraction of sp³-hybridized carbons (Fsp3) is 0.136. The number of amides is 1. The van der Waals surface area contributed by atoms with Crippen molar-refractivity contribution >= 4 is 39.2 Å². The molecule has 0 aliphatic heterocycles. The number of aromatic amines is 2. The highest BCUT2D eigenvalue weighted by Crippen LogP contribution is 2.25. The monoisotopic (exact) mass is 373 g/mol. The van der Waals surface area contributed by atoms with Gasteiger partial charge in [-0.25, -0.2) is 0 Å². The Bertz CT molecular complexity index is 1280. The molecule has 28 heavy (non-hydrogen) atoms. The van der Waals surface area contributed by atoms with Crippen LogP contribution in [0.4, 0.5) is 5.69 Å². The van der Waals surface area contributed by atoms with E-state index in [4.69, 9.17) is 0 Å². The highest BCUT2D eigenvalue weighted by molar-refractivity contribution is 6.48. The Morgan fingerprint density at radius 3 is 2.54 bits per heavy atom. The molecule has 0 unspecified atom stereocenters. The molecule has 3 N–H and O–H groups in total. The van der Waals surface area contributed by atoms with Crippen LogP contribution in [0.5, 0.6) is 0 Å². The highest BCUT2D eigenvalue weighted by atomic mass is 16.2. The van der Waals surface area contributed by atoms with Gasteiger partial charge in [0.1, 0.15) is 0 Å². The number of H-pyrrole nitrogens is 2. The van der Waals surface area contributed by atoms with Crippen molar-refractivity contribution in [2.45, 2.75) is 19.8 Å². The summed E-state index contributed by atoms with van der Waals surface area (Å²) >= 11 is 0. The standard InChI is InChI=1S/C22H19N3O3/c1-12(2)16-10-20(26)25-19-9-13(7-8-15(16)19)24-22(28)21(27)17-11-23-18-6-4-3-5-14(17)18/h3-12,23H,1-2H3,(H,24,28)(H,25,26). The van der Waals surface area contributed by atoms with E-state index < -0.39 is 11.7 Å². The zero-order valence-corrected chi connectivity index (χ0v) is 15.5. The molecule has 4 rings (SSSR count). The topological polar surface area (TPSA) is 94.8 Å². The van der Waals surface area contributed by atoms with E-state index in [2.05, 4.69) is 15.3 Å². The fourth-order valence-electron chi connectivity index (χ4n) is 3.41. The van der Waals surface area contributed by atoms with Gasteiger partial charge >= 0.3 is 0 Å². The van der Waals surface area contributed by atoms with Crippen LogP contribution in [0.3, 0.4) is 0 Å². The summed E-state index contributed by atoms with van der Waals surface area (Å²) in [6.07, 6.45) is 1.54. The van der Waals surface area contributed by atoms with Gasteiger partial charge in [-0.1, -0.05) is 38.1 Å². The van der Waals surface area contributed by atoms with Gasteiger partial charge in [-0.05, 0) is 29.7 Å². The van der Waals surface area contributed by atoms with Crippen molar-refractivity contribution in [3.63, 3.8) is 0 Å². The predicted molar refractivity (Wildman–Crippen MR) is 110 cm³/mol. The quantitative estimate of drug-likeness (QED) is 0.373. The van der Waals surface area contributed by atoms with Gasteiger partial charge in [0.05, 0.1) is 11.1 Å². The molecular weight excluding hydrogens is 354 g/mol. The number of Topliss-reactive ketones (excluding diaryl/α,β-unsaturated/α-hetero) is 1. The zero-order chi connectivity index (χ0) is 19.8. The second-order valence-corrected chi connectivity index (χ2v) is 7.04. The molecule has 0 saturated heterocycles. The molecule has 2 aromatic carbocycles. The molecule has 2 heterocycles. The molecule has 140 valence electrons. The Hall–Kier alpha value is -3.67. The van der Waals surface area contributed by atoms with Crippen LogP contribution in [-0.4, -0.2) is 21.7 Å². The number of fused-ring (bicyclic) bond motifs is 2. The van der Waals surface area contributed by atoms with E-state index in [0.29, 0.717) is 22.2 Å². The number of para-hydroxylation sites is 1. The predicted octanol–water partition coefficient (Wildman–Crippen LogP) is 3.95. The lowest BCUT2D eigenvalue weighted by Gasteiger charge is -2.11. The molecule has 0 radical (unpaired) electrons. The number of anilines is 1. The lowest BCUT2D eigenvalue weighted by Crippen LogP contribution is -2.22. The third kappa shape index (κ3) is 3.09. The SMILES string of the molecule is CC(C)c1cc(=O)[nH]c2cc(NC(=O)C(=O)c3c[nH]c4ccccc34)ccc12. The number of aromatic nitrogens is 2. The molecule has 0 atom stereocenters. The molecule has 6 nitrogen and oxygen atoms in total. The number of carbonyl (C=O) groups is 2. The van der Waals surface area contributed by atoms with Crippen molar-refractivity contribution in [2.24, 2.45) is 0 Å². The molecular formula is C22H19N3O3. The van der Waals surface area contributed by atoms with Crippen LogP contribution in [0.1, 0.15) is 35.7 Å². The summed E-state index contributed by atoms with van der Waals surface area (Å²) in [5, 5.41) is 4.24. The van der Waals surface area contributed by atoms with Gasteiger partial charge in [0.15, 0.2) is 0 Å². The molecule has 0 bridgehead atoms. The van der Waals surface area contributed by atoms with Gasteiger partial charge in [0.2, 0.25) is 5.56 Å². The first-order chi connectivity index (χ1) is 13.4. The lowest BCUT2D eigenvalue weighted by atomic mass is 9.99. The zero-order valence-electron chi connectivity index (χ0n) is 15.5. The summed E-state index contributed by atoms with van der Waals surface area (Å²) in [7, 11) is 0. The van der Waals surface area contributed by atoms with Crippen LogP contribution >= 0.6 is 0 Å². The summed E-state index contributed by atoms with van der Waals surface area (Å²) in [5.74, 6) is -1.16. The van der Waals surface area contributed by atoms with Gasteiger partial charge in [-0.3, -0.25) is 14.4 Å². The minimum Gasteiger partial charge on any atom is -0.360 e. The number of benzene rings is 2. The van der Waals surface area contributed by atoms with E-state index in [1.54, 1.807) is 30.5 Å². The number of hydrogen-bond donors (Lipinski definition) is 3. The number of rotatable bonds is 4. The minimum atomic E-state index is -0.730. The Balaban J connectivity index is 1.65. The summed E-state index contributed by atoms with van der Waals surface area (Å²) in [5.41, 5.74) is 2.92. The normalized spacial score (nSPS) is 11.2. The number of hydrogen-bond acceptors (Lipinski definition) is 3. The van der Waals surface area contributed by atoms with Gasteiger partial charge in [0, 0.05) is 34.2 Å². The van der Waals surface area contributed by atoms with E-state index in [9.17, 15) is 14.4 Å². The van der Waals surface area contributed by atoms with Crippen LogP contribution in [0.15, 0.2) is 59.5 Å². The molecule has 0 aliphatic carbocycles. The van der Waals surface area contributed by atoms with Crippen molar-refractivity contribution in [3.05, 3.63) is 76.2 Å². The van der Waals surface area contributed by atoms with Crippen LogP contribution in [0, 0.1) is 0 Å². The largest absolute Gasteiger partial charge is 0.360 e. The number of nitrogens with one attached hydrogen (secondary N) is 3. The summed E-state index contributed by atoms with van der Waals surface area (Å²) in [4.78, 5) is 42.8. The maximum absolute atomic E-state index is 12.6. The third-order valence-electron chi connectivity index (χ3n) is 4.80. The molecule has 0 saturated carbocycles. The van der Waals surface area contributed by atoms with Gasteiger partial charge < -0.3 is 15.3 Å². The average Bonchev–Trinajstić information content (AvgIpc) is 3.10. The van der Waals surface area contributed by atoms with E-state index in [1.165, 1.54) is 0 Å². The van der Waals surface area contributed by atoms with E-state index in [1.807, 2.05) is 38.1 Å². The first-order valence-electron chi connectivity index (χ1n) is 9.03. The maximum Gasteiger partial charge on any atom is 0.296 e. The molecule has 1 amide bonds. The number of carbonyl (C=O) groups excluding carboxylic acids is 2. The van der Waals surface area contributed by atoms with Crippen LogP contribution in [0.25, 0.3) is 21.8 Å². The van der Waals surface area contributed by atoms with Gasteiger partial charge in [-0.15, -0.1) is 0 Å². The summed E-state index contributed by atoms with van der Waals surface area (Å²) < 4.78 is 0. The molecule has 0 aliphatic rings. The second-order valence-electron chi connectivity index (χ2n) is 7.04. The van der Waals surface area contributed by atoms with Crippen molar-refractivity contribution in [1.29, 1.82) is 0 Å². The molecule has 6 heteroatoms. The van der Waals surface area contributed by atoms with Crippen molar-refractivity contribution in [1.82, 2.24) is 9.97 Å². The van der Waals surface area contributed by atoms with E-state index in [-0.39, 0.29) is 11.5 Å². The fourth-order valence-corrected chi connectivity index (χ4v) is 3.41. The van der Waals surface area contributed by atoms with Crippen molar-refractivity contribution < 1.29 is 9.59 Å². The van der Waals surface area contributed by atoms with Crippen molar-refractivity contribution in [2.75, 3.05) is 5.32 Å². The van der Waals surface area contributed by atoms with Gasteiger partial charge in [-0.2, -0.15) is 0 Å². The molecule has 4 aromatic rings. The lowest BCUT2D eigenvalue weighted by molar-refractivity contribution is -0.112. The Morgan fingerprint density at radius 2 is 1.75 bits per heavy atom. The van der Waals surface area contributed by atoms with E-state index in [0.717, 1.165) is 16.5 Å². The molecule has 0 fully saturated rings. The second kappa shape index (κ2) is 6.81. The number of ketones is 1. The summed E-state index contributed by atoms with van der Waals surface area (Å²) in [6.45, 7) is 4.04. The maximum atomic E-state index is 12.6. The van der Waals surface area contributed by atoms with Crippen molar-refractivity contribution in [3.8, 4) is 0 Å². The Labute approximate surface area is 160 Å². The average molecular weight is 373 g/mol. The minimum absolute atomic E-state index is 0.189. The summed E-state index contributed by atoms with van der Waals surface area (Å²) in [6, 6.07) is 14.1. The smallest absolute Gasteiger partial charge is 0.296 e. The molecule has 2 aromatic heterocycles. The van der Waals surface area contributed by atoms with E-state index >= 15 is 0 Å². The van der Waals surface area contributed by atoms with Gasteiger partial charge in [0.25, 0.3) is 11.7 Å². The van der Waals surface area contributed by atoms with Crippen LogP contribution in [0.2, 0.25) is 0 Å². The first-order valence-corrected chi connectivity index (χ1v) is 9.03. The number of pyridine rings is 1. The Kier molecular flexibility index (Phi) is 4.31. The van der Waals surface area contributed by atoms with Crippen LogP contribution < -0.4 is 10.9 Å². The third-order valence-corrected chi connectivity index (χ3v) is 4.80. The highest BCUT2D eigenvalue weighted by Gasteiger charge is 2.20. The van der Waals surface area contributed by atoms with Crippen LogP contribution in [-0.2, 0) is 4.79 Å². The molecule has 0 spiro atoms.